The number of anilines is 1. The third-order valence-electron chi connectivity index (χ3n) is 5.21. The van der Waals surface area contributed by atoms with Crippen LogP contribution < -0.4 is 14.9 Å². The highest BCUT2D eigenvalue weighted by Gasteiger charge is 2.44. The molecule has 2 aliphatic heterocycles. The van der Waals surface area contributed by atoms with Crippen molar-refractivity contribution in [2.75, 3.05) is 4.31 Å². The van der Waals surface area contributed by atoms with E-state index in [0.717, 1.165) is 9.21 Å². The number of benzene rings is 2. The Kier molecular flexibility index (Phi) is 5.90. The molecule has 11 heteroatoms. The smallest absolute Gasteiger partial charge is 0.332 e. The third-order valence-corrected chi connectivity index (χ3v) is 5.88. The lowest BCUT2D eigenvalue weighted by Crippen LogP contribution is -2.54. The zero-order chi connectivity index (χ0) is 23.0. The van der Waals surface area contributed by atoms with Crippen LogP contribution in [0.15, 0.2) is 42.5 Å². The Morgan fingerprint density at radius 2 is 1.78 bits per heavy atom. The lowest BCUT2D eigenvalue weighted by molar-refractivity contribution is -0.136. The first-order chi connectivity index (χ1) is 15.3. The minimum absolute atomic E-state index is 0.0505. The molecule has 0 saturated carbocycles. The molecule has 2 N–H and O–H groups in total. The average Bonchev–Trinajstić information content (AvgIpc) is 3.02. The fraction of sp³-hybridized carbons (Fsp3) is 0.190. The Morgan fingerprint density at radius 1 is 1.09 bits per heavy atom. The molecule has 0 aliphatic carbocycles. The van der Waals surface area contributed by atoms with Gasteiger partial charge in [0.15, 0.2) is 0 Å². The second-order valence-corrected chi connectivity index (χ2v) is 8.11. The van der Waals surface area contributed by atoms with Crippen LogP contribution in [0.1, 0.15) is 39.1 Å². The SMILES string of the molecule is O=C1CCC(N2C(=O)c3ccc(CNC(=O)N(S)c4ccc(Cl)cc4)cc3C2=O)C(=O)N1. The number of hydrogen-bond acceptors (Lipinski definition) is 6. The van der Waals surface area contributed by atoms with E-state index < -0.39 is 35.7 Å². The first-order valence-corrected chi connectivity index (χ1v) is 10.4. The first-order valence-electron chi connectivity index (χ1n) is 9.63. The van der Waals surface area contributed by atoms with Crippen LogP contribution in [0, 0.1) is 0 Å². The summed E-state index contributed by atoms with van der Waals surface area (Å²) in [7, 11) is 0. The van der Waals surface area contributed by atoms with Crippen LogP contribution in [-0.4, -0.2) is 40.6 Å². The number of fused-ring (bicyclic) bond motifs is 1. The molecule has 0 radical (unpaired) electrons. The molecule has 1 saturated heterocycles. The number of imide groups is 2. The number of thiol groups is 1. The summed E-state index contributed by atoms with van der Waals surface area (Å²) < 4.78 is 1.11. The standard InChI is InChI=1S/C21H17ClN4O5S/c22-12-2-4-13(5-3-12)26(32)21(31)23-10-11-1-6-14-15(9-11)20(30)25(19(14)29)16-7-8-17(27)24-18(16)28/h1-6,9,16,32H,7-8,10H2,(H,23,31)(H,24,27,28). The first kappa shape index (κ1) is 21.8. The number of amides is 6. The van der Waals surface area contributed by atoms with Gasteiger partial charge in [-0.3, -0.25) is 29.4 Å². The molecule has 0 aromatic heterocycles. The van der Waals surface area contributed by atoms with Crippen LogP contribution in [0.4, 0.5) is 10.5 Å². The maximum Gasteiger partial charge on any atom is 0.332 e. The van der Waals surface area contributed by atoms with E-state index in [4.69, 9.17) is 11.6 Å². The van der Waals surface area contributed by atoms with Gasteiger partial charge in [0.25, 0.3) is 11.8 Å². The van der Waals surface area contributed by atoms with Gasteiger partial charge in [0, 0.05) is 18.0 Å². The van der Waals surface area contributed by atoms with Crippen molar-refractivity contribution >= 4 is 59.8 Å². The molecular weight excluding hydrogens is 456 g/mol. The van der Waals surface area contributed by atoms with Crippen LogP contribution >= 0.6 is 24.4 Å². The van der Waals surface area contributed by atoms with Crippen molar-refractivity contribution in [2.45, 2.75) is 25.4 Å². The van der Waals surface area contributed by atoms with Gasteiger partial charge in [-0.1, -0.05) is 30.5 Å². The van der Waals surface area contributed by atoms with Crippen molar-refractivity contribution in [1.82, 2.24) is 15.5 Å². The number of nitrogens with one attached hydrogen (secondary N) is 2. The minimum Gasteiger partial charge on any atom is -0.333 e. The lowest BCUT2D eigenvalue weighted by atomic mass is 10.0. The number of halogens is 1. The number of piperidine rings is 1. The van der Waals surface area contributed by atoms with Gasteiger partial charge in [0.05, 0.1) is 16.8 Å². The summed E-state index contributed by atoms with van der Waals surface area (Å²) in [4.78, 5) is 62.4. The Morgan fingerprint density at radius 3 is 2.47 bits per heavy atom. The predicted octanol–water partition coefficient (Wildman–Crippen LogP) is 2.30. The molecule has 1 unspecified atom stereocenters. The zero-order valence-electron chi connectivity index (χ0n) is 16.5. The van der Waals surface area contributed by atoms with Crippen LogP contribution in [0.5, 0.6) is 0 Å². The number of hydrogen-bond donors (Lipinski definition) is 3. The van der Waals surface area contributed by atoms with Gasteiger partial charge in [-0.15, -0.1) is 0 Å². The molecule has 2 aromatic rings. The van der Waals surface area contributed by atoms with E-state index in [2.05, 4.69) is 23.4 Å². The van der Waals surface area contributed by atoms with Crippen LogP contribution in [0.3, 0.4) is 0 Å². The van der Waals surface area contributed by atoms with E-state index in [-0.39, 0.29) is 30.5 Å². The van der Waals surface area contributed by atoms with Gasteiger partial charge in [0.1, 0.15) is 6.04 Å². The van der Waals surface area contributed by atoms with Crippen LogP contribution in [0.2, 0.25) is 5.02 Å². The monoisotopic (exact) mass is 472 g/mol. The van der Waals surface area contributed by atoms with Gasteiger partial charge in [-0.25, -0.2) is 9.10 Å². The summed E-state index contributed by atoms with van der Waals surface area (Å²) in [6, 6.07) is 9.62. The highest BCUT2D eigenvalue weighted by atomic mass is 35.5. The van der Waals surface area contributed by atoms with Gasteiger partial charge < -0.3 is 5.32 Å². The third kappa shape index (κ3) is 4.06. The molecule has 9 nitrogen and oxygen atoms in total. The molecular formula is C21H17ClN4O5S. The molecule has 2 aliphatic rings. The van der Waals surface area contributed by atoms with E-state index in [1.54, 1.807) is 30.3 Å². The Hall–Kier alpha value is -3.37. The van der Waals surface area contributed by atoms with Crippen molar-refractivity contribution < 1.29 is 24.0 Å². The summed E-state index contributed by atoms with van der Waals surface area (Å²) >= 11 is 10.0. The lowest BCUT2D eigenvalue weighted by Gasteiger charge is -2.27. The van der Waals surface area contributed by atoms with Crippen molar-refractivity contribution in [1.29, 1.82) is 0 Å². The maximum atomic E-state index is 12.9. The quantitative estimate of drug-likeness (QED) is 0.466. The largest absolute Gasteiger partial charge is 0.333 e. The van der Waals surface area contributed by atoms with Crippen molar-refractivity contribution in [3.05, 3.63) is 64.2 Å². The number of carbonyl (C=O) groups excluding carboxylic acids is 5. The molecule has 1 atom stereocenters. The molecule has 0 spiro atoms. The highest BCUT2D eigenvalue weighted by molar-refractivity contribution is 7.82. The Labute approximate surface area is 193 Å². The molecule has 2 heterocycles. The summed E-state index contributed by atoms with van der Waals surface area (Å²) in [6.07, 6.45) is 0.135. The summed E-state index contributed by atoms with van der Waals surface area (Å²) in [5, 5.41) is 5.36. The van der Waals surface area contributed by atoms with Gasteiger partial charge >= 0.3 is 6.03 Å². The Bertz CT molecular complexity index is 1150. The van der Waals surface area contributed by atoms with E-state index >= 15 is 0 Å². The molecule has 6 amide bonds. The molecule has 0 bridgehead atoms. The normalized spacial score (nSPS) is 17.8. The number of nitrogens with zero attached hydrogens (tertiary/aromatic N) is 2. The molecule has 164 valence electrons. The van der Waals surface area contributed by atoms with Crippen molar-refractivity contribution in [3.63, 3.8) is 0 Å². The fourth-order valence-electron chi connectivity index (χ4n) is 3.58. The highest BCUT2D eigenvalue weighted by Crippen LogP contribution is 2.28. The number of carbonyl (C=O) groups is 5. The van der Waals surface area contributed by atoms with Gasteiger partial charge in [-0.2, -0.15) is 0 Å². The molecule has 1 fully saturated rings. The Balaban J connectivity index is 1.45. The number of urea groups is 1. The maximum absolute atomic E-state index is 12.9. The van der Waals surface area contributed by atoms with E-state index in [9.17, 15) is 24.0 Å². The second kappa shape index (κ2) is 8.64. The molecule has 2 aromatic carbocycles. The molecule has 32 heavy (non-hydrogen) atoms. The van der Waals surface area contributed by atoms with E-state index in [1.165, 1.54) is 12.1 Å². The van der Waals surface area contributed by atoms with E-state index in [0.29, 0.717) is 16.3 Å². The summed E-state index contributed by atoms with van der Waals surface area (Å²) in [5.74, 6) is -2.29. The topological polar surface area (TPSA) is 116 Å². The van der Waals surface area contributed by atoms with Crippen LogP contribution in [-0.2, 0) is 16.1 Å². The average molecular weight is 473 g/mol. The van der Waals surface area contributed by atoms with Crippen molar-refractivity contribution in [2.24, 2.45) is 0 Å². The number of rotatable bonds is 4. The fourth-order valence-corrected chi connectivity index (χ4v) is 3.91. The minimum atomic E-state index is -1.03. The zero-order valence-corrected chi connectivity index (χ0v) is 18.2. The van der Waals surface area contributed by atoms with Gasteiger partial charge in [-0.05, 0) is 48.4 Å². The van der Waals surface area contributed by atoms with Crippen LogP contribution in [0.25, 0.3) is 0 Å². The summed E-state index contributed by atoms with van der Waals surface area (Å²) in [5.41, 5.74) is 1.42. The second-order valence-electron chi connectivity index (χ2n) is 7.27. The summed E-state index contributed by atoms with van der Waals surface area (Å²) in [6.45, 7) is 0.0800. The predicted molar refractivity (Wildman–Crippen MR) is 118 cm³/mol. The van der Waals surface area contributed by atoms with Gasteiger partial charge in [0.2, 0.25) is 11.8 Å². The van der Waals surface area contributed by atoms with Crippen molar-refractivity contribution in [3.8, 4) is 0 Å². The molecule has 4 rings (SSSR count). The van der Waals surface area contributed by atoms with E-state index in [1.807, 2.05) is 0 Å².